The van der Waals surface area contributed by atoms with Crippen LogP contribution in [0.4, 0.5) is 45.8 Å². The van der Waals surface area contributed by atoms with Crippen LogP contribution >= 0.6 is 0 Å². The van der Waals surface area contributed by atoms with Gasteiger partial charge in [0.2, 0.25) is 0 Å². The molecule has 0 aliphatic carbocycles. The predicted octanol–water partition coefficient (Wildman–Crippen LogP) is 11.5. The second-order valence-electron chi connectivity index (χ2n) is 17.3. The third-order valence-corrected chi connectivity index (χ3v) is 12.5. The van der Waals surface area contributed by atoms with Crippen LogP contribution in [0.5, 0.6) is 0 Å². The van der Waals surface area contributed by atoms with Crippen LogP contribution in [0.15, 0.2) is 159 Å². The number of anilines is 8. The van der Waals surface area contributed by atoms with E-state index in [1.54, 1.807) is 0 Å². The molecule has 0 amide bonds. The van der Waals surface area contributed by atoms with Gasteiger partial charge in [-0.25, -0.2) is 33.1 Å². The average Bonchev–Trinajstić information content (AvgIpc) is 4.25. The van der Waals surface area contributed by atoms with Gasteiger partial charge in [-0.1, -0.05) is 83.2 Å². The van der Waals surface area contributed by atoms with E-state index in [1.807, 2.05) is 118 Å². The fourth-order valence-electron chi connectivity index (χ4n) is 8.64. The fourth-order valence-corrected chi connectivity index (χ4v) is 8.64. The number of hydrogen-bond donors (Lipinski definition) is 0. The van der Waals surface area contributed by atoms with E-state index in [2.05, 4.69) is 169 Å². The van der Waals surface area contributed by atoms with Crippen molar-refractivity contribution in [1.82, 2.24) is 14.5 Å². The molecule has 0 radical (unpaired) electrons. The van der Waals surface area contributed by atoms with Gasteiger partial charge in [0.1, 0.15) is 0 Å². The Morgan fingerprint density at radius 1 is 0.408 bits per heavy atom. The molecule has 3 aromatic heterocycles. The zero-order valence-corrected chi connectivity index (χ0v) is 41.9. The summed E-state index contributed by atoms with van der Waals surface area (Å²) in [5.74, 6) is 1.16. The van der Waals surface area contributed by atoms with Crippen molar-refractivity contribution in [2.24, 2.45) is 0 Å². The smallest absolute Gasteiger partial charge is 0.0124 e. The quantitative estimate of drug-likeness (QED) is 0.102. The van der Waals surface area contributed by atoms with E-state index in [1.165, 1.54) is 22.3 Å². The average molecular weight is 1110 g/mol. The van der Waals surface area contributed by atoms with Gasteiger partial charge >= 0.3 is 0 Å². The molecule has 4 aliphatic rings. The molecule has 0 atom stereocenters. The summed E-state index contributed by atoms with van der Waals surface area (Å²) in [6.45, 7) is 16.2. The van der Waals surface area contributed by atoms with Crippen molar-refractivity contribution in [2.75, 3.05) is 39.2 Å². The molecule has 0 fully saturated rings. The van der Waals surface area contributed by atoms with Gasteiger partial charge in [0.05, 0.1) is 0 Å². The van der Waals surface area contributed by atoms with Crippen molar-refractivity contribution >= 4 is 67.6 Å². The number of nitriles is 1. The first-order chi connectivity index (χ1) is 33.7. The maximum atomic E-state index is 11.1. The van der Waals surface area contributed by atoms with E-state index in [-0.39, 0.29) is 40.8 Å². The topological polar surface area (TPSA) is 80.4 Å². The van der Waals surface area contributed by atoms with Crippen molar-refractivity contribution < 1.29 is 40.8 Å². The van der Waals surface area contributed by atoms with Crippen LogP contribution in [-0.4, -0.2) is 14.5 Å². The van der Waals surface area contributed by atoms with Gasteiger partial charge in [0.15, 0.2) is 0 Å². The second kappa shape index (κ2) is 19.3. The van der Waals surface area contributed by atoms with Gasteiger partial charge in [-0.15, -0.1) is 43.3 Å². The molecule has 12 rings (SSSR count). The molecule has 71 heavy (non-hydrogen) atoms. The van der Waals surface area contributed by atoms with Gasteiger partial charge in [0.25, 0.3) is 0 Å². The van der Waals surface area contributed by atoms with Crippen molar-refractivity contribution in [3.63, 3.8) is 0 Å². The van der Waals surface area contributed by atoms with Crippen LogP contribution in [0, 0.1) is 90.0 Å². The Balaban J connectivity index is 0.00000291. The summed E-state index contributed by atoms with van der Waals surface area (Å²) < 4.78 is 2.05. The zero-order valence-electron chi connectivity index (χ0n) is 38.8. The minimum atomic E-state index is 0. The number of rotatable bonds is 9. The number of aryl methyl sites for hydroxylation is 4. The Bertz CT molecular complexity index is 3230. The van der Waals surface area contributed by atoms with Crippen LogP contribution in [0.2, 0.25) is 0 Å². The number of pyridine rings is 2. The molecule has 0 unspecified atom stereocenters. The third kappa shape index (κ3) is 8.84. The van der Waals surface area contributed by atoms with Gasteiger partial charge in [0, 0.05) is 75.2 Å². The standard InChI is InChI=1S/C57H42N12.2Pd/c1-40-5-13-44(14-6-40)61-21-25-65(36-61)52-29-48(30-53(49(52)33-58)66-26-22-62(37-66)45-15-7-41(2)8-16-45)69-54-31-56(67-27-23-63(38-67)46-17-9-42(3)10-18-46)59-34-50(54)51-35-60-57(32-55(51)69)68-28-24-64(39-68)47-19-11-43(4)12-20-47;;/h5-28,34-39H,1-4H3;;/q-8;;. The Morgan fingerprint density at radius 2 is 0.704 bits per heavy atom. The first kappa shape index (κ1) is 47.1. The zero-order chi connectivity index (χ0) is 46.8. The third-order valence-electron chi connectivity index (χ3n) is 12.5. The van der Waals surface area contributed by atoms with Crippen LogP contribution < -0.4 is 39.2 Å². The molecule has 7 heterocycles. The molecule has 0 saturated carbocycles. The van der Waals surface area contributed by atoms with E-state index in [0.29, 0.717) is 45.3 Å². The summed E-state index contributed by atoms with van der Waals surface area (Å²) in [5.41, 5.74) is 12.2. The summed E-state index contributed by atoms with van der Waals surface area (Å²) in [4.78, 5) is 25.9. The summed E-state index contributed by atoms with van der Waals surface area (Å²) in [7, 11) is 0. The SMILES string of the molecule is Cc1ccc(N2C=CN(c3[c-]c4c(cn3)c3cnc(N5C=CN(c6ccc(C)cc6)[CH-]5)[c-]c3n4-c3[c-]c(N4C=CN(c5ccc(C)cc5)[CH-]4)c(C#N)c(N4C=CN(c5ccc(C)cc5)[CH-]4)[c-]3)[CH-]2)cc1.[Pd].[Pd]. The minimum Gasteiger partial charge on any atom is -0.518 e. The number of nitrogens with zero attached hydrogens (tertiary/aromatic N) is 12. The molecule has 14 heteroatoms. The first-order valence-corrected chi connectivity index (χ1v) is 22.5. The normalized spacial score (nSPS) is 15.0. The van der Waals surface area contributed by atoms with Crippen LogP contribution in [0.1, 0.15) is 27.8 Å². The molecule has 0 N–H and O–H groups in total. The molecule has 0 bridgehead atoms. The summed E-state index contributed by atoms with van der Waals surface area (Å²) in [6.07, 6.45) is 19.5. The number of hydrogen-bond acceptors (Lipinski definition) is 11. The second-order valence-corrected chi connectivity index (χ2v) is 17.3. The molecule has 8 aromatic rings. The van der Waals surface area contributed by atoms with E-state index in [4.69, 9.17) is 9.97 Å². The molecule has 358 valence electrons. The maximum Gasteiger partial charge on any atom is 0.0124 e. The predicted molar refractivity (Wildman–Crippen MR) is 275 cm³/mol. The van der Waals surface area contributed by atoms with Gasteiger partial charge in [-0.05, 0) is 132 Å². The van der Waals surface area contributed by atoms with Crippen molar-refractivity contribution in [3.05, 3.63) is 238 Å². The Labute approximate surface area is 441 Å². The molecule has 0 spiro atoms. The first-order valence-electron chi connectivity index (χ1n) is 22.5. The molecule has 0 saturated heterocycles. The van der Waals surface area contributed by atoms with E-state index in [9.17, 15) is 5.26 Å². The monoisotopic (exact) mass is 1110 g/mol. The molecule has 12 nitrogen and oxygen atoms in total. The Kier molecular flexibility index (Phi) is 12.8. The van der Waals surface area contributed by atoms with E-state index >= 15 is 0 Å². The van der Waals surface area contributed by atoms with Gasteiger partial charge < -0.3 is 55.9 Å². The van der Waals surface area contributed by atoms with Crippen molar-refractivity contribution in [1.29, 1.82) is 5.26 Å². The molecule has 5 aromatic carbocycles. The maximum absolute atomic E-state index is 11.1. The largest absolute Gasteiger partial charge is 0.518 e. The molecular formula is C57H42N12Pd2-8. The molecular weight excluding hydrogens is 1070 g/mol. The Hall–Kier alpha value is -7.63. The van der Waals surface area contributed by atoms with Crippen LogP contribution in [0.3, 0.4) is 0 Å². The van der Waals surface area contributed by atoms with Gasteiger partial charge in [-0.3, -0.25) is 9.97 Å². The van der Waals surface area contributed by atoms with Crippen LogP contribution in [0.25, 0.3) is 27.5 Å². The van der Waals surface area contributed by atoms with Crippen molar-refractivity contribution in [3.8, 4) is 11.8 Å². The number of fused-ring (bicyclic) bond motifs is 3. The summed E-state index contributed by atoms with van der Waals surface area (Å²) in [5, 5.41) is 12.8. The van der Waals surface area contributed by atoms with Crippen molar-refractivity contribution in [2.45, 2.75) is 27.7 Å². The number of benzene rings is 5. The van der Waals surface area contributed by atoms with E-state index in [0.717, 1.165) is 33.5 Å². The molecule has 4 aliphatic heterocycles. The van der Waals surface area contributed by atoms with E-state index < -0.39 is 0 Å². The van der Waals surface area contributed by atoms with Gasteiger partial charge in [-0.2, -0.15) is 12.1 Å². The summed E-state index contributed by atoms with van der Waals surface area (Å²) in [6, 6.07) is 50.7. The summed E-state index contributed by atoms with van der Waals surface area (Å²) >= 11 is 0. The number of aromatic nitrogens is 3. The minimum absolute atomic E-state index is 0. The Morgan fingerprint density at radius 3 is 1.03 bits per heavy atom. The van der Waals surface area contributed by atoms with Crippen LogP contribution in [-0.2, 0) is 40.8 Å². The fraction of sp³-hybridized carbons (Fsp3) is 0.0702.